The van der Waals surface area contributed by atoms with Crippen LogP contribution in [0.1, 0.15) is 36.8 Å². The molecule has 0 amide bonds. The lowest BCUT2D eigenvalue weighted by Gasteiger charge is -2.37. The molecule has 92 valence electrons. The van der Waals surface area contributed by atoms with E-state index in [9.17, 15) is 9.18 Å². The van der Waals surface area contributed by atoms with Gasteiger partial charge in [0, 0.05) is 18.4 Å². The van der Waals surface area contributed by atoms with E-state index in [1.165, 1.54) is 12.1 Å². The quantitative estimate of drug-likeness (QED) is 0.871. The highest BCUT2D eigenvalue weighted by atomic mass is 19.1. The molecule has 0 radical (unpaired) electrons. The fourth-order valence-electron chi connectivity index (χ4n) is 2.31. The van der Waals surface area contributed by atoms with Gasteiger partial charge in [0.15, 0.2) is 0 Å². The second-order valence-electron chi connectivity index (χ2n) is 5.18. The molecule has 0 heterocycles. The number of nitrogens with two attached hydrogens (primary N) is 1. The van der Waals surface area contributed by atoms with Crippen molar-refractivity contribution in [2.24, 2.45) is 5.73 Å². The molecule has 1 aromatic rings. The van der Waals surface area contributed by atoms with Gasteiger partial charge in [-0.05, 0) is 49.4 Å². The predicted molar refractivity (Wildman–Crippen MR) is 65.2 cm³/mol. The van der Waals surface area contributed by atoms with Crippen LogP contribution >= 0.6 is 0 Å². The predicted octanol–water partition coefficient (Wildman–Crippen LogP) is 2.52. The van der Waals surface area contributed by atoms with Gasteiger partial charge in [-0.3, -0.25) is 4.79 Å². The molecule has 2 N–H and O–H groups in total. The molecule has 3 heteroatoms. The minimum absolute atomic E-state index is 0.112. The van der Waals surface area contributed by atoms with Crippen LogP contribution in [0.5, 0.6) is 0 Å². The average molecular weight is 235 g/mol. The molecule has 0 spiro atoms. The first kappa shape index (κ1) is 12.2. The van der Waals surface area contributed by atoms with Crippen molar-refractivity contribution >= 4 is 5.78 Å². The third-order valence-corrected chi connectivity index (χ3v) is 3.60. The number of aryl methyl sites for hydroxylation is 1. The highest BCUT2D eigenvalue weighted by Gasteiger charge is 2.34. The van der Waals surface area contributed by atoms with E-state index in [1.54, 1.807) is 6.07 Å². The van der Waals surface area contributed by atoms with Crippen LogP contribution in [-0.2, 0) is 11.2 Å². The van der Waals surface area contributed by atoms with Crippen LogP contribution in [0.3, 0.4) is 0 Å². The normalized spacial score (nSPS) is 17.6. The van der Waals surface area contributed by atoms with E-state index in [2.05, 4.69) is 0 Å². The number of hydrogen-bond donors (Lipinski definition) is 1. The zero-order valence-corrected chi connectivity index (χ0v) is 10.1. The molecule has 1 saturated carbocycles. The van der Waals surface area contributed by atoms with Gasteiger partial charge in [-0.1, -0.05) is 6.07 Å². The second kappa shape index (κ2) is 4.57. The number of ketones is 1. The first-order valence-electron chi connectivity index (χ1n) is 6.04. The van der Waals surface area contributed by atoms with Gasteiger partial charge in [0.25, 0.3) is 0 Å². The van der Waals surface area contributed by atoms with Crippen LogP contribution in [0.2, 0.25) is 0 Å². The number of halogens is 1. The minimum atomic E-state index is -0.287. The van der Waals surface area contributed by atoms with Crippen molar-refractivity contribution in [2.45, 2.75) is 44.6 Å². The summed E-state index contributed by atoms with van der Waals surface area (Å²) in [6, 6.07) is 4.57. The standard InChI is InChI=1S/C14H18FNO/c1-10-3-4-12(15)7-11(10)8-13(17)9-14(16)5-2-6-14/h3-4,7H,2,5-6,8-9,16H2,1H3. The van der Waals surface area contributed by atoms with Gasteiger partial charge in [-0.2, -0.15) is 0 Å². The number of Topliss-reactive ketones (excluding diaryl/α,β-unsaturated/α-hetero) is 1. The van der Waals surface area contributed by atoms with Crippen LogP contribution in [0, 0.1) is 12.7 Å². The van der Waals surface area contributed by atoms with E-state index in [4.69, 9.17) is 5.73 Å². The Hall–Kier alpha value is -1.22. The van der Waals surface area contributed by atoms with Gasteiger partial charge in [0.05, 0.1) is 0 Å². The smallest absolute Gasteiger partial charge is 0.139 e. The Balaban J connectivity index is 2.00. The fraction of sp³-hybridized carbons (Fsp3) is 0.500. The van der Waals surface area contributed by atoms with Crippen LogP contribution in [0.25, 0.3) is 0 Å². The highest BCUT2D eigenvalue weighted by Crippen LogP contribution is 2.32. The summed E-state index contributed by atoms with van der Waals surface area (Å²) in [5.41, 5.74) is 7.48. The molecule has 17 heavy (non-hydrogen) atoms. The molecule has 1 aliphatic rings. The van der Waals surface area contributed by atoms with E-state index in [1.807, 2.05) is 6.92 Å². The largest absolute Gasteiger partial charge is 0.325 e. The monoisotopic (exact) mass is 235 g/mol. The molecule has 1 aromatic carbocycles. The summed E-state index contributed by atoms with van der Waals surface area (Å²) in [6.07, 6.45) is 3.69. The van der Waals surface area contributed by atoms with Gasteiger partial charge in [0.1, 0.15) is 11.6 Å². The Morgan fingerprint density at radius 1 is 1.47 bits per heavy atom. The maximum absolute atomic E-state index is 13.1. The number of benzene rings is 1. The fourth-order valence-corrected chi connectivity index (χ4v) is 2.31. The third-order valence-electron chi connectivity index (χ3n) is 3.60. The van der Waals surface area contributed by atoms with Crippen molar-refractivity contribution in [3.8, 4) is 0 Å². The summed E-state index contributed by atoms with van der Waals surface area (Å²) in [7, 11) is 0. The van der Waals surface area contributed by atoms with Gasteiger partial charge in [-0.15, -0.1) is 0 Å². The van der Waals surface area contributed by atoms with E-state index >= 15 is 0 Å². The van der Waals surface area contributed by atoms with E-state index in [0.29, 0.717) is 12.8 Å². The molecule has 2 nitrogen and oxygen atoms in total. The lowest BCUT2D eigenvalue weighted by atomic mass is 9.74. The van der Waals surface area contributed by atoms with Crippen LogP contribution < -0.4 is 5.73 Å². The van der Waals surface area contributed by atoms with Crippen molar-refractivity contribution in [1.29, 1.82) is 0 Å². The molecule has 1 aliphatic carbocycles. The first-order valence-corrected chi connectivity index (χ1v) is 6.04. The van der Waals surface area contributed by atoms with Crippen molar-refractivity contribution < 1.29 is 9.18 Å². The molecule has 0 bridgehead atoms. The molecular weight excluding hydrogens is 217 g/mol. The van der Waals surface area contributed by atoms with Gasteiger partial charge in [0.2, 0.25) is 0 Å². The summed E-state index contributed by atoms with van der Waals surface area (Å²) in [6.45, 7) is 1.89. The summed E-state index contributed by atoms with van der Waals surface area (Å²) >= 11 is 0. The number of carbonyl (C=O) groups is 1. The minimum Gasteiger partial charge on any atom is -0.325 e. The van der Waals surface area contributed by atoms with E-state index in [0.717, 1.165) is 30.4 Å². The molecule has 0 saturated heterocycles. The van der Waals surface area contributed by atoms with E-state index < -0.39 is 0 Å². The first-order chi connectivity index (χ1) is 7.98. The average Bonchev–Trinajstić information content (AvgIpc) is 2.21. The molecular formula is C14H18FNO. The van der Waals surface area contributed by atoms with E-state index in [-0.39, 0.29) is 17.1 Å². The van der Waals surface area contributed by atoms with Gasteiger partial charge < -0.3 is 5.73 Å². The summed E-state index contributed by atoms with van der Waals surface area (Å²) in [4.78, 5) is 11.9. The summed E-state index contributed by atoms with van der Waals surface area (Å²) in [5, 5.41) is 0. The molecule has 0 unspecified atom stereocenters. The molecule has 1 fully saturated rings. The zero-order valence-electron chi connectivity index (χ0n) is 10.1. The Morgan fingerprint density at radius 3 is 2.76 bits per heavy atom. The maximum atomic E-state index is 13.1. The second-order valence-corrected chi connectivity index (χ2v) is 5.18. The highest BCUT2D eigenvalue weighted by molar-refractivity contribution is 5.82. The SMILES string of the molecule is Cc1ccc(F)cc1CC(=O)CC1(N)CCC1. The Kier molecular flexibility index (Phi) is 3.29. The topological polar surface area (TPSA) is 43.1 Å². The lowest BCUT2D eigenvalue weighted by Crippen LogP contribution is -2.48. The van der Waals surface area contributed by atoms with Crippen LogP contribution in [-0.4, -0.2) is 11.3 Å². The maximum Gasteiger partial charge on any atom is 0.139 e. The van der Waals surface area contributed by atoms with Crippen molar-refractivity contribution in [3.63, 3.8) is 0 Å². The van der Waals surface area contributed by atoms with Crippen LogP contribution in [0.15, 0.2) is 18.2 Å². The Morgan fingerprint density at radius 2 is 2.18 bits per heavy atom. The summed E-state index contributed by atoms with van der Waals surface area (Å²) in [5.74, 6) is -0.176. The Labute approximate surface area is 101 Å². The molecule has 0 aromatic heterocycles. The molecule has 0 atom stereocenters. The lowest BCUT2D eigenvalue weighted by molar-refractivity contribution is -0.120. The number of carbonyl (C=O) groups excluding carboxylic acids is 1. The van der Waals surface area contributed by atoms with Crippen LogP contribution in [0.4, 0.5) is 4.39 Å². The van der Waals surface area contributed by atoms with Crippen molar-refractivity contribution in [3.05, 3.63) is 35.1 Å². The number of rotatable bonds is 4. The third kappa shape index (κ3) is 2.91. The number of hydrogen-bond acceptors (Lipinski definition) is 2. The van der Waals surface area contributed by atoms with Crippen molar-refractivity contribution in [2.75, 3.05) is 0 Å². The zero-order chi connectivity index (χ0) is 12.5. The molecule has 2 rings (SSSR count). The van der Waals surface area contributed by atoms with Crippen molar-refractivity contribution in [1.82, 2.24) is 0 Å². The summed E-state index contributed by atoms with van der Waals surface area (Å²) < 4.78 is 13.1. The molecule has 0 aliphatic heterocycles. The van der Waals surface area contributed by atoms with Gasteiger partial charge in [-0.25, -0.2) is 4.39 Å². The van der Waals surface area contributed by atoms with Gasteiger partial charge >= 0.3 is 0 Å². The Bertz CT molecular complexity index is 438.